The van der Waals surface area contributed by atoms with Crippen molar-refractivity contribution >= 4 is 11.4 Å². The molecule has 2 saturated carbocycles. The number of aromatic nitrogens is 1. The fourth-order valence-electron chi connectivity index (χ4n) is 4.11. The molecule has 0 aliphatic heterocycles. The molecule has 0 saturated heterocycles. The van der Waals surface area contributed by atoms with E-state index in [9.17, 15) is 0 Å². The van der Waals surface area contributed by atoms with Crippen LogP contribution in [-0.4, -0.2) is 25.1 Å². The quantitative estimate of drug-likeness (QED) is 0.904. The van der Waals surface area contributed by atoms with Crippen LogP contribution in [0.2, 0.25) is 0 Å². The molecule has 3 rings (SSSR count). The predicted molar refractivity (Wildman–Crippen MR) is 85.3 cm³/mol. The molecule has 3 nitrogen and oxygen atoms in total. The van der Waals surface area contributed by atoms with Gasteiger partial charge in [0.25, 0.3) is 0 Å². The lowest BCUT2D eigenvalue weighted by Crippen LogP contribution is -2.34. The average molecular weight is 273 g/mol. The molecule has 3 atom stereocenters. The number of pyridine rings is 1. The van der Waals surface area contributed by atoms with Gasteiger partial charge in [-0.05, 0) is 37.2 Å². The Bertz CT molecular complexity index is 444. The molecule has 0 amide bonds. The van der Waals surface area contributed by atoms with Gasteiger partial charge < -0.3 is 10.2 Å². The van der Waals surface area contributed by atoms with Gasteiger partial charge in [-0.2, -0.15) is 0 Å². The number of anilines is 2. The minimum Gasteiger partial charge on any atom is -0.379 e. The number of fused-ring (bicyclic) bond motifs is 1. The van der Waals surface area contributed by atoms with Gasteiger partial charge in [0.1, 0.15) is 0 Å². The Morgan fingerprint density at radius 3 is 2.70 bits per heavy atom. The summed E-state index contributed by atoms with van der Waals surface area (Å²) in [6.07, 6.45) is 13.8. The fraction of sp³-hybridized carbons (Fsp3) is 0.706. The monoisotopic (exact) mass is 273 g/mol. The van der Waals surface area contributed by atoms with Gasteiger partial charge in [0.15, 0.2) is 0 Å². The first-order valence-corrected chi connectivity index (χ1v) is 8.12. The Balaban J connectivity index is 1.66. The van der Waals surface area contributed by atoms with Gasteiger partial charge in [-0.1, -0.05) is 25.7 Å². The lowest BCUT2D eigenvalue weighted by molar-refractivity contribution is 0.162. The first-order chi connectivity index (χ1) is 9.74. The molecule has 2 aliphatic rings. The molecular formula is C17H27N3. The van der Waals surface area contributed by atoms with Crippen molar-refractivity contribution in [2.45, 2.75) is 51.0 Å². The molecule has 110 valence electrons. The maximum atomic E-state index is 4.29. The Morgan fingerprint density at radius 2 is 1.90 bits per heavy atom. The van der Waals surface area contributed by atoms with E-state index in [-0.39, 0.29) is 0 Å². The van der Waals surface area contributed by atoms with Crippen LogP contribution in [0.1, 0.15) is 44.9 Å². The van der Waals surface area contributed by atoms with Gasteiger partial charge in [0, 0.05) is 26.3 Å². The maximum Gasteiger partial charge on any atom is 0.0766 e. The Morgan fingerprint density at radius 1 is 1.10 bits per heavy atom. The molecule has 0 aromatic carbocycles. The SMILES string of the molecule is CN(C)c1ccncc1NC1CCC2CCCCC2C1. The minimum atomic E-state index is 0.636. The van der Waals surface area contributed by atoms with Crippen molar-refractivity contribution in [3.05, 3.63) is 18.5 Å². The standard InChI is InChI=1S/C17H27N3/c1-20(2)17-9-10-18-12-16(17)19-15-8-7-13-5-3-4-6-14(13)11-15/h9-10,12-15,19H,3-8,11H2,1-2H3. The average Bonchev–Trinajstić information content (AvgIpc) is 2.47. The summed E-state index contributed by atoms with van der Waals surface area (Å²) in [5.41, 5.74) is 2.43. The molecule has 2 fully saturated rings. The fourth-order valence-corrected chi connectivity index (χ4v) is 4.11. The molecule has 3 unspecified atom stereocenters. The lowest BCUT2D eigenvalue weighted by Gasteiger charge is -2.40. The highest BCUT2D eigenvalue weighted by molar-refractivity contribution is 5.68. The van der Waals surface area contributed by atoms with Gasteiger partial charge in [-0.3, -0.25) is 4.98 Å². The number of hydrogen-bond acceptors (Lipinski definition) is 3. The van der Waals surface area contributed by atoms with E-state index < -0.39 is 0 Å². The van der Waals surface area contributed by atoms with Gasteiger partial charge in [0.05, 0.1) is 17.6 Å². The molecule has 3 heteroatoms. The second-order valence-corrected chi connectivity index (χ2v) is 6.75. The van der Waals surface area contributed by atoms with E-state index in [1.54, 1.807) is 0 Å². The summed E-state index contributed by atoms with van der Waals surface area (Å²) in [6.45, 7) is 0. The second-order valence-electron chi connectivity index (χ2n) is 6.75. The van der Waals surface area contributed by atoms with E-state index in [0.29, 0.717) is 6.04 Å². The summed E-state index contributed by atoms with van der Waals surface area (Å²) in [4.78, 5) is 6.45. The second kappa shape index (κ2) is 6.02. The third kappa shape index (κ3) is 2.92. The Hall–Kier alpha value is -1.25. The van der Waals surface area contributed by atoms with Crippen LogP contribution in [0.15, 0.2) is 18.5 Å². The summed E-state index contributed by atoms with van der Waals surface area (Å²) in [6, 6.07) is 2.73. The zero-order valence-corrected chi connectivity index (χ0v) is 12.8. The van der Waals surface area contributed by atoms with E-state index in [0.717, 1.165) is 11.8 Å². The number of nitrogens with zero attached hydrogens (tertiary/aromatic N) is 2. The number of hydrogen-bond donors (Lipinski definition) is 1. The summed E-state index contributed by atoms with van der Waals surface area (Å²) < 4.78 is 0. The minimum absolute atomic E-state index is 0.636. The predicted octanol–water partition coefficient (Wildman–Crippen LogP) is 3.92. The van der Waals surface area contributed by atoms with Crippen molar-refractivity contribution in [3.63, 3.8) is 0 Å². The summed E-state index contributed by atoms with van der Waals surface area (Å²) in [7, 11) is 4.19. The van der Waals surface area contributed by atoms with Crippen molar-refractivity contribution in [1.82, 2.24) is 4.98 Å². The highest BCUT2D eigenvalue weighted by atomic mass is 15.1. The van der Waals surface area contributed by atoms with Gasteiger partial charge in [0.2, 0.25) is 0 Å². The molecule has 1 heterocycles. The van der Waals surface area contributed by atoms with Crippen LogP contribution < -0.4 is 10.2 Å². The third-order valence-corrected chi connectivity index (χ3v) is 5.18. The molecule has 0 bridgehead atoms. The summed E-state index contributed by atoms with van der Waals surface area (Å²) >= 11 is 0. The zero-order valence-electron chi connectivity index (χ0n) is 12.8. The molecule has 1 aromatic heterocycles. The molecule has 0 spiro atoms. The highest BCUT2D eigenvalue weighted by Gasteiger charge is 2.32. The van der Waals surface area contributed by atoms with Gasteiger partial charge in [-0.15, -0.1) is 0 Å². The van der Waals surface area contributed by atoms with Crippen molar-refractivity contribution in [2.24, 2.45) is 11.8 Å². The van der Waals surface area contributed by atoms with Crippen molar-refractivity contribution in [1.29, 1.82) is 0 Å². The first-order valence-electron chi connectivity index (χ1n) is 8.12. The van der Waals surface area contributed by atoms with Crippen LogP contribution in [-0.2, 0) is 0 Å². The van der Waals surface area contributed by atoms with Crippen molar-refractivity contribution in [2.75, 3.05) is 24.3 Å². The molecular weight excluding hydrogens is 246 g/mol. The van der Waals surface area contributed by atoms with Gasteiger partial charge in [-0.25, -0.2) is 0 Å². The third-order valence-electron chi connectivity index (χ3n) is 5.18. The van der Waals surface area contributed by atoms with E-state index in [1.807, 2.05) is 12.4 Å². The van der Waals surface area contributed by atoms with Crippen LogP contribution >= 0.6 is 0 Å². The lowest BCUT2D eigenvalue weighted by atomic mass is 9.69. The van der Waals surface area contributed by atoms with E-state index >= 15 is 0 Å². The molecule has 0 radical (unpaired) electrons. The Labute approximate surface area is 122 Å². The molecule has 1 aromatic rings. The van der Waals surface area contributed by atoms with E-state index in [4.69, 9.17) is 0 Å². The summed E-state index contributed by atoms with van der Waals surface area (Å²) in [5.74, 6) is 1.98. The zero-order chi connectivity index (χ0) is 13.9. The van der Waals surface area contributed by atoms with Crippen molar-refractivity contribution in [3.8, 4) is 0 Å². The maximum absolute atomic E-state index is 4.29. The van der Waals surface area contributed by atoms with Crippen LogP contribution in [0, 0.1) is 11.8 Å². The molecule has 20 heavy (non-hydrogen) atoms. The van der Waals surface area contributed by atoms with Crippen molar-refractivity contribution < 1.29 is 0 Å². The number of nitrogens with one attached hydrogen (secondary N) is 1. The van der Waals surface area contributed by atoms with E-state index in [2.05, 4.69) is 35.4 Å². The Kier molecular flexibility index (Phi) is 4.13. The van der Waals surface area contributed by atoms with Gasteiger partial charge >= 0.3 is 0 Å². The highest BCUT2D eigenvalue weighted by Crippen LogP contribution is 2.41. The number of rotatable bonds is 3. The topological polar surface area (TPSA) is 28.2 Å². The largest absolute Gasteiger partial charge is 0.379 e. The van der Waals surface area contributed by atoms with E-state index in [1.165, 1.54) is 56.3 Å². The molecule has 1 N–H and O–H groups in total. The van der Waals surface area contributed by atoms with Crippen LogP contribution in [0.5, 0.6) is 0 Å². The smallest absolute Gasteiger partial charge is 0.0766 e. The van der Waals surface area contributed by atoms with Crippen LogP contribution in [0.25, 0.3) is 0 Å². The normalized spacial score (nSPS) is 29.6. The van der Waals surface area contributed by atoms with Crippen LogP contribution in [0.3, 0.4) is 0 Å². The van der Waals surface area contributed by atoms with Crippen LogP contribution in [0.4, 0.5) is 11.4 Å². The first kappa shape index (κ1) is 13.7. The summed E-state index contributed by atoms with van der Waals surface area (Å²) in [5, 5.41) is 3.76. The molecule has 2 aliphatic carbocycles.